The summed E-state index contributed by atoms with van der Waals surface area (Å²) in [6, 6.07) is 6.96. The summed E-state index contributed by atoms with van der Waals surface area (Å²) in [7, 11) is 0. The lowest BCUT2D eigenvalue weighted by Gasteiger charge is -2.21. The van der Waals surface area contributed by atoms with Crippen LogP contribution in [0.5, 0.6) is 0 Å². The standard InChI is InChI=1S/C13H20F2N2.ClH/c1-3-17(4-2)11-7-5-10(6-8-11)12(16)9-13(14)15;/h5-8,12-13H,3-4,9,16H2,1-2H3;1H/t12-;/m0./s1. The number of halogens is 3. The highest BCUT2D eigenvalue weighted by molar-refractivity contribution is 5.85. The minimum absolute atomic E-state index is 0. The normalized spacial score (nSPS) is 12.1. The first-order valence-corrected chi connectivity index (χ1v) is 5.97. The van der Waals surface area contributed by atoms with Gasteiger partial charge in [0.05, 0.1) is 0 Å². The number of benzene rings is 1. The van der Waals surface area contributed by atoms with Crippen LogP contribution < -0.4 is 10.6 Å². The number of nitrogens with two attached hydrogens (primary N) is 1. The van der Waals surface area contributed by atoms with Crippen LogP contribution in [0.15, 0.2) is 24.3 Å². The third kappa shape index (κ3) is 4.78. The molecule has 0 amide bonds. The van der Waals surface area contributed by atoms with E-state index in [4.69, 9.17) is 5.73 Å². The molecular formula is C13H21ClF2N2. The molecule has 1 atom stereocenters. The number of hydrogen-bond donors (Lipinski definition) is 1. The summed E-state index contributed by atoms with van der Waals surface area (Å²) in [5.41, 5.74) is 7.56. The average Bonchev–Trinajstić information content (AvgIpc) is 2.30. The topological polar surface area (TPSA) is 29.3 Å². The molecule has 0 radical (unpaired) electrons. The number of nitrogens with zero attached hydrogens (tertiary/aromatic N) is 1. The van der Waals surface area contributed by atoms with Gasteiger partial charge in [0.15, 0.2) is 0 Å². The third-order valence-corrected chi connectivity index (χ3v) is 2.88. The zero-order valence-corrected chi connectivity index (χ0v) is 11.6. The summed E-state index contributed by atoms with van der Waals surface area (Å²) in [6.45, 7) is 6.03. The van der Waals surface area contributed by atoms with E-state index in [1.807, 2.05) is 24.3 Å². The Morgan fingerprint density at radius 1 is 1.11 bits per heavy atom. The van der Waals surface area contributed by atoms with Gasteiger partial charge in [-0.3, -0.25) is 0 Å². The second-order valence-corrected chi connectivity index (χ2v) is 4.00. The highest BCUT2D eigenvalue weighted by Gasteiger charge is 2.13. The highest BCUT2D eigenvalue weighted by Crippen LogP contribution is 2.21. The molecule has 1 aromatic carbocycles. The molecule has 0 bridgehead atoms. The average molecular weight is 279 g/mol. The fourth-order valence-electron chi connectivity index (χ4n) is 1.85. The molecule has 0 saturated carbocycles. The Morgan fingerprint density at radius 3 is 2.00 bits per heavy atom. The molecule has 0 heterocycles. The molecule has 0 spiro atoms. The molecule has 0 fully saturated rings. The molecule has 2 nitrogen and oxygen atoms in total. The van der Waals surface area contributed by atoms with E-state index in [2.05, 4.69) is 18.7 Å². The molecule has 5 heteroatoms. The van der Waals surface area contributed by atoms with Crippen molar-refractivity contribution >= 4 is 18.1 Å². The van der Waals surface area contributed by atoms with Gasteiger partial charge in [0.1, 0.15) is 0 Å². The Hall–Kier alpha value is -0.870. The van der Waals surface area contributed by atoms with Gasteiger partial charge in [0, 0.05) is 31.2 Å². The molecule has 0 aliphatic carbocycles. The monoisotopic (exact) mass is 278 g/mol. The van der Waals surface area contributed by atoms with Gasteiger partial charge in [-0.15, -0.1) is 12.4 Å². The maximum atomic E-state index is 12.2. The lowest BCUT2D eigenvalue weighted by atomic mass is 10.0. The molecule has 1 rings (SSSR count). The predicted octanol–water partition coefficient (Wildman–Crippen LogP) is 3.61. The fraction of sp³-hybridized carbons (Fsp3) is 0.538. The van der Waals surface area contributed by atoms with Crippen LogP contribution in [0.2, 0.25) is 0 Å². The maximum absolute atomic E-state index is 12.2. The lowest BCUT2D eigenvalue weighted by Crippen LogP contribution is -2.22. The molecule has 2 N–H and O–H groups in total. The van der Waals surface area contributed by atoms with Gasteiger partial charge in [-0.25, -0.2) is 8.78 Å². The highest BCUT2D eigenvalue weighted by atomic mass is 35.5. The lowest BCUT2D eigenvalue weighted by molar-refractivity contribution is 0.128. The van der Waals surface area contributed by atoms with Crippen molar-refractivity contribution in [2.75, 3.05) is 18.0 Å². The third-order valence-electron chi connectivity index (χ3n) is 2.88. The molecule has 1 aromatic rings. The van der Waals surface area contributed by atoms with Crippen molar-refractivity contribution in [2.24, 2.45) is 5.73 Å². The van der Waals surface area contributed by atoms with E-state index in [9.17, 15) is 8.78 Å². The minimum atomic E-state index is -2.35. The van der Waals surface area contributed by atoms with Gasteiger partial charge in [-0.1, -0.05) is 12.1 Å². The Labute approximate surface area is 114 Å². The van der Waals surface area contributed by atoms with E-state index >= 15 is 0 Å². The zero-order valence-electron chi connectivity index (χ0n) is 10.8. The van der Waals surface area contributed by atoms with Crippen molar-refractivity contribution in [1.82, 2.24) is 0 Å². The predicted molar refractivity (Wildman–Crippen MR) is 74.8 cm³/mol. The first-order valence-electron chi connectivity index (χ1n) is 5.97. The maximum Gasteiger partial charge on any atom is 0.240 e. The minimum Gasteiger partial charge on any atom is -0.372 e. The number of hydrogen-bond acceptors (Lipinski definition) is 2. The second kappa shape index (κ2) is 8.27. The Morgan fingerprint density at radius 2 is 1.61 bits per heavy atom. The number of anilines is 1. The SMILES string of the molecule is CCN(CC)c1ccc([C@@H](N)CC(F)F)cc1.Cl. The molecular weight excluding hydrogens is 258 g/mol. The van der Waals surface area contributed by atoms with E-state index in [0.717, 1.165) is 24.3 Å². The Kier molecular flexibility index (Phi) is 7.87. The summed E-state index contributed by atoms with van der Waals surface area (Å²) in [6.07, 6.45) is -2.64. The van der Waals surface area contributed by atoms with Crippen LogP contribution in [0.1, 0.15) is 31.9 Å². The van der Waals surface area contributed by atoms with E-state index in [1.165, 1.54) is 0 Å². The van der Waals surface area contributed by atoms with Crippen LogP contribution in [0.3, 0.4) is 0 Å². The van der Waals surface area contributed by atoms with Crippen LogP contribution in [-0.4, -0.2) is 19.5 Å². The van der Waals surface area contributed by atoms with Crippen molar-refractivity contribution in [2.45, 2.75) is 32.7 Å². The molecule has 0 saturated heterocycles. The molecule has 0 unspecified atom stereocenters. The largest absolute Gasteiger partial charge is 0.372 e. The van der Waals surface area contributed by atoms with Gasteiger partial charge >= 0.3 is 0 Å². The number of alkyl halides is 2. The van der Waals surface area contributed by atoms with Crippen LogP contribution >= 0.6 is 12.4 Å². The van der Waals surface area contributed by atoms with Crippen molar-refractivity contribution in [3.8, 4) is 0 Å². The van der Waals surface area contributed by atoms with Gasteiger partial charge in [-0.05, 0) is 31.5 Å². The first-order chi connectivity index (χ1) is 8.08. The van der Waals surface area contributed by atoms with Crippen molar-refractivity contribution in [1.29, 1.82) is 0 Å². The molecule has 0 aliphatic heterocycles. The Balaban J connectivity index is 0.00000289. The van der Waals surface area contributed by atoms with Crippen molar-refractivity contribution in [3.63, 3.8) is 0 Å². The van der Waals surface area contributed by atoms with Gasteiger partial charge in [-0.2, -0.15) is 0 Å². The second-order valence-electron chi connectivity index (χ2n) is 4.00. The van der Waals surface area contributed by atoms with Crippen LogP contribution in [0, 0.1) is 0 Å². The van der Waals surface area contributed by atoms with Crippen LogP contribution in [0.4, 0.5) is 14.5 Å². The summed E-state index contributed by atoms with van der Waals surface area (Å²) in [4.78, 5) is 2.20. The summed E-state index contributed by atoms with van der Waals surface area (Å²) in [5.74, 6) is 0. The zero-order chi connectivity index (χ0) is 12.8. The van der Waals surface area contributed by atoms with Crippen molar-refractivity contribution in [3.05, 3.63) is 29.8 Å². The molecule has 18 heavy (non-hydrogen) atoms. The van der Waals surface area contributed by atoms with Gasteiger partial charge in [0.2, 0.25) is 6.43 Å². The van der Waals surface area contributed by atoms with E-state index in [0.29, 0.717) is 0 Å². The summed E-state index contributed by atoms with van der Waals surface area (Å²) < 4.78 is 24.4. The molecule has 0 aliphatic rings. The smallest absolute Gasteiger partial charge is 0.240 e. The molecule has 104 valence electrons. The summed E-state index contributed by atoms with van der Waals surface area (Å²) >= 11 is 0. The first kappa shape index (κ1) is 17.1. The van der Waals surface area contributed by atoms with Crippen LogP contribution in [0.25, 0.3) is 0 Å². The fourth-order valence-corrected chi connectivity index (χ4v) is 1.85. The van der Waals surface area contributed by atoms with Crippen LogP contribution in [-0.2, 0) is 0 Å². The van der Waals surface area contributed by atoms with E-state index < -0.39 is 12.5 Å². The van der Waals surface area contributed by atoms with Gasteiger partial charge < -0.3 is 10.6 Å². The Bertz CT molecular complexity index is 326. The summed E-state index contributed by atoms with van der Waals surface area (Å²) in [5, 5.41) is 0. The number of rotatable bonds is 6. The molecule has 0 aromatic heterocycles. The quantitative estimate of drug-likeness (QED) is 0.861. The van der Waals surface area contributed by atoms with E-state index in [1.54, 1.807) is 0 Å². The van der Waals surface area contributed by atoms with Crippen molar-refractivity contribution < 1.29 is 8.78 Å². The van der Waals surface area contributed by atoms with Gasteiger partial charge in [0.25, 0.3) is 0 Å². The van der Waals surface area contributed by atoms with E-state index in [-0.39, 0.29) is 18.8 Å².